The number of nitrogens with zero attached hydrogens (tertiary/aromatic N) is 5. The number of nitrogens with two attached hydrogens (primary N) is 1. The molecule has 4 aromatic heterocycles. The van der Waals surface area contributed by atoms with Gasteiger partial charge in [0, 0.05) is 29.5 Å². The second-order valence-corrected chi connectivity index (χ2v) is 7.07. The number of rotatable bonds is 4. The summed E-state index contributed by atoms with van der Waals surface area (Å²) in [5.41, 5.74) is 8.88. The Labute approximate surface area is 166 Å². The molecule has 1 fully saturated rings. The first-order chi connectivity index (χ1) is 14.2. The van der Waals surface area contributed by atoms with E-state index in [4.69, 9.17) is 5.73 Å². The maximum absolute atomic E-state index is 13.9. The van der Waals surface area contributed by atoms with Crippen molar-refractivity contribution in [3.63, 3.8) is 0 Å². The molecule has 5 rings (SSSR count). The second kappa shape index (κ2) is 7.05. The van der Waals surface area contributed by atoms with Crippen LogP contribution >= 0.6 is 0 Å². The second-order valence-electron chi connectivity index (χ2n) is 7.07. The lowest BCUT2D eigenvalue weighted by atomic mass is 9.79. The largest absolute Gasteiger partial charge is 0.383 e. The fourth-order valence-corrected chi connectivity index (χ4v) is 3.53. The third-order valence-electron chi connectivity index (χ3n) is 5.23. The van der Waals surface area contributed by atoms with Gasteiger partial charge in [-0.1, -0.05) is 6.42 Å². The Morgan fingerprint density at radius 1 is 1.07 bits per heavy atom. The average Bonchev–Trinajstić information content (AvgIpc) is 2.69. The zero-order chi connectivity index (χ0) is 19.8. The molecular weight excluding hydrogens is 369 g/mol. The fraction of sp³-hybridized carbons (Fsp3) is 0.190. The van der Waals surface area contributed by atoms with Crippen molar-refractivity contribution in [3.05, 3.63) is 60.4 Å². The molecule has 7 nitrogen and oxygen atoms in total. The van der Waals surface area contributed by atoms with Crippen molar-refractivity contribution in [1.29, 1.82) is 0 Å². The first kappa shape index (κ1) is 17.4. The summed E-state index contributed by atoms with van der Waals surface area (Å²) >= 11 is 0. The lowest BCUT2D eigenvalue weighted by molar-refractivity contribution is 0.421. The van der Waals surface area contributed by atoms with Crippen molar-refractivity contribution in [3.8, 4) is 11.4 Å². The molecule has 1 saturated carbocycles. The summed E-state index contributed by atoms with van der Waals surface area (Å²) < 4.78 is 13.9. The van der Waals surface area contributed by atoms with E-state index in [0.717, 1.165) is 29.3 Å². The van der Waals surface area contributed by atoms with Gasteiger partial charge < -0.3 is 11.1 Å². The number of aromatic nitrogens is 5. The maximum atomic E-state index is 13.9. The van der Waals surface area contributed by atoms with E-state index in [1.165, 1.54) is 24.8 Å². The van der Waals surface area contributed by atoms with Crippen molar-refractivity contribution in [2.75, 3.05) is 11.1 Å². The van der Waals surface area contributed by atoms with Gasteiger partial charge in [0.05, 0.1) is 11.7 Å². The molecular formula is C21H18FN7. The van der Waals surface area contributed by atoms with Crippen molar-refractivity contribution in [2.24, 2.45) is 0 Å². The topological polar surface area (TPSA) is 102 Å². The number of fused-ring (bicyclic) bond motifs is 1. The molecule has 0 atom stereocenters. The van der Waals surface area contributed by atoms with E-state index in [-0.39, 0.29) is 5.82 Å². The summed E-state index contributed by atoms with van der Waals surface area (Å²) in [4.78, 5) is 21.8. The Bertz CT molecular complexity index is 1210. The van der Waals surface area contributed by atoms with Crippen LogP contribution in [0.1, 0.15) is 30.7 Å². The van der Waals surface area contributed by atoms with E-state index in [1.54, 1.807) is 24.5 Å². The first-order valence-electron chi connectivity index (χ1n) is 9.44. The summed E-state index contributed by atoms with van der Waals surface area (Å²) in [6, 6.07) is 6.38. The SMILES string of the molecule is Nc1nc(-c2ccnc(Nc3ncccc3F)c2)nc2cncc(C3CCC3)c12. The normalized spacial score (nSPS) is 14.0. The highest BCUT2D eigenvalue weighted by atomic mass is 19.1. The zero-order valence-corrected chi connectivity index (χ0v) is 15.5. The van der Waals surface area contributed by atoms with Crippen LogP contribution in [0.5, 0.6) is 0 Å². The third kappa shape index (κ3) is 3.22. The molecule has 144 valence electrons. The maximum Gasteiger partial charge on any atom is 0.167 e. The van der Waals surface area contributed by atoms with Gasteiger partial charge in [0.2, 0.25) is 0 Å². The van der Waals surface area contributed by atoms with Crippen LogP contribution in [0.2, 0.25) is 0 Å². The van der Waals surface area contributed by atoms with Crippen LogP contribution in [0.15, 0.2) is 49.1 Å². The van der Waals surface area contributed by atoms with Crippen LogP contribution in [0.4, 0.5) is 21.8 Å². The minimum Gasteiger partial charge on any atom is -0.383 e. The Hall–Kier alpha value is -3.68. The van der Waals surface area contributed by atoms with E-state index in [2.05, 4.69) is 30.2 Å². The van der Waals surface area contributed by atoms with Crippen LogP contribution in [0, 0.1) is 5.82 Å². The molecule has 4 aromatic rings. The predicted octanol–water partition coefficient (Wildman–Crippen LogP) is 4.21. The van der Waals surface area contributed by atoms with E-state index < -0.39 is 5.82 Å². The molecule has 0 spiro atoms. The predicted molar refractivity (Wildman–Crippen MR) is 109 cm³/mol. The lowest BCUT2D eigenvalue weighted by Gasteiger charge is -2.26. The van der Waals surface area contributed by atoms with Crippen molar-refractivity contribution < 1.29 is 4.39 Å². The Balaban J connectivity index is 1.53. The Morgan fingerprint density at radius 3 is 2.76 bits per heavy atom. The molecule has 1 aliphatic carbocycles. The molecule has 8 heteroatoms. The molecule has 29 heavy (non-hydrogen) atoms. The molecule has 3 N–H and O–H groups in total. The summed E-state index contributed by atoms with van der Waals surface area (Å²) in [7, 11) is 0. The number of hydrogen-bond donors (Lipinski definition) is 2. The van der Waals surface area contributed by atoms with Crippen LogP contribution in [-0.2, 0) is 0 Å². The molecule has 1 aliphatic rings. The molecule has 4 heterocycles. The monoisotopic (exact) mass is 387 g/mol. The number of nitrogens with one attached hydrogen (secondary N) is 1. The van der Waals surface area contributed by atoms with Gasteiger partial charge in [0.15, 0.2) is 17.5 Å². The van der Waals surface area contributed by atoms with Gasteiger partial charge in [-0.2, -0.15) is 0 Å². The quantitative estimate of drug-likeness (QED) is 0.540. The van der Waals surface area contributed by atoms with E-state index >= 15 is 0 Å². The number of nitrogen functional groups attached to an aromatic ring is 1. The third-order valence-corrected chi connectivity index (χ3v) is 5.23. The van der Waals surface area contributed by atoms with Gasteiger partial charge in [0.25, 0.3) is 0 Å². The standard InChI is InChI=1S/C21H18FN7/c22-15-5-2-7-26-21(15)28-17-9-13(6-8-25-17)20-27-16-11-24-10-14(12-3-1-4-12)18(16)19(23)29-20/h2,5-12H,1,3-4H2,(H2,23,27,29)(H,25,26,28). The lowest BCUT2D eigenvalue weighted by Crippen LogP contribution is -2.11. The molecule has 0 aromatic carbocycles. The summed E-state index contributed by atoms with van der Waals surface area (Å²) in [6.45, 7) is 0. The molecule has 0 saturated heterocycles. The van der Waals surface area contributed by atoms with Gasteiger partial charge in [-0.05, 0) is 48.6 Å². The smallest absolute Gasteiger partial charge is 0.167 e. The van der Waals surface area contributed by atoms with Crippen molar-refractivity contribution in [1.82, 2.24) is 24.9 Å². The fourth-order valence-electron chi connectivity index (χ4n) is 3.53. The van der Waals surface area contributed by atoms with Crippen LogP contribution < -0.4 is 11.1 Å². The Kier molecular flexibility index (Phi) is 4.23. The minimum absolute atomic E-state index is 0.102. The number of anilines is 3. The Morgan fingerprint density at radius 2 is 1.97 bits per heavy atom. The van der Waals surface area contributed by atoms with Crippen molar-refractivity contribution >= 4 is 28.4 Å². The number of hydrogen-bond acceptors (Lipinski definition) is 7. The van der Waals surface area contributed by atoms with Gasteiger partial charge in [-0.15, -0.1) is 0 Å². The minimum atomic E-state index is -0.458. The van der Waals surface area contributed by atoms with Crippen LogP contribution in [0.25, 0.3) is 22.3 Å². The molecule has 0 aliphatic heterocycles. The molecule has 0 radical (unpaired) electrons. The summed E-state index contributed by atoms with van der Waals surface area (Å²) in [6.07, 6.45) is 10.2. The van der Waals surface area contributed by atoms with E-state index in [9.17, 15) is 4.39 Å². The number of halogens is 1. The first-order valence-corrected chi connectivity index (χ1v) is 9.44. The highest BCUT2D eigenvalue weighted by Gasteiger charge is 2.24. The summed E-state index contributed by atoms with van der Waals surface area (Å²) in [5.74, 6) is 1.47. The van der Waals surface area contributed by atoms with Gasteiger partial charge >= 0.3 is 0 Å². The van der Waals surface area contributed by atoms with Crippen LogP contribution in [0.3, 0.4) is 0 Å². The highest BCUT2D eigenvalue weighted by molar-refractivity contribution is 5.92. The molecule has 0 unspecified atom stereocenters. The van der Waals surface area contributed by atoms with E-state index in [0.29, 0.717) is 28.9 Å². The highest BCUT2D eigenvalue weighted by Crippen LogP contribution is 2.40. The summed E-state index contributed by atoms with van der Waals surface area (Å²) in [5, 5.41) is 3.76. The van der Waals surface area contributed by atoms with Crippen LogP contribution in [-0.4, -0.2) is 24.9 Å². The number of pyridine rings is 3. The van der Waals surface area contributed by atoms with Gasteiger partial charge in [-0.25, -0.2) is 24.3 Å². The molecule has 0 amide bonds. The van der Waals surface area contributed by atoms with Gasteiger partial charge in [-0.3, -0.25) is 4.98 Å². The van der Waals surface area contributed by atoms with Crippen molar-refractivity contribution in [2.45, 2.75) is 25.2 Å². The average molecular weight is 387 g/mol. The molecule has 0 bridgehead atoms. The zero-order valence-electron chi connectivity index (χ0n) is 15.5. The van der Waals surface area contributed by atoms with Gasteiger partial charge in [0.1, 0.15) is 11.6 Å². The van der Waals surface area contributed by atoms with E-state index in [1.807, 2.05) is 6.20 Å².